The summed E-state index contributed by atoms with van der Waals surface area (Å²) in [6.07, 6.45) is 4.40. The summed E-state index contributed by atoms with van der Waals surface area (Å²) in [5.41, 5.74) is 7.42. The number of nitrogens with one attached hydrogen (secondary N) is 4. The van der Waals surface area contributed by atoms with Crippen LogP contribution in [0.3, 0.4) is 0 Å². The van der Waals surface area contributed by atoms with Gasteiger partial charge < -0.3 is 30.7 Å². The van der Waals surface area contributed by atoms with Crippen LogP contribution in [0.5, 0.6) is 11.6 Å². The van der Waals surface area contributed by atoms with E-state index in [0.29, 0.717) is 55.6 Å². The van der Waals surface area contributed by atoms with Gasteiger partial charge in [-0.1, -0.05) is 48.0 Å². The van der Waals surface area contributed by atoms with E-state index in [2.05, 4.69) is 31.2 Å². The van der Waals surface area contributed by atoms with Crippen LogP contribution in [-0.4, -0.2) is 66.2 Å². The number of hydrogen-bond acceptors (Lipinski definition) is 9. The number of hydrogen-bond donors (Lipinski definition) is 4. The molecule has 2 aliphatic rings. The van der Waals surface area contributed by atoms with Gasteiger partial charge in [0.2, 0.25) is 17.7 Å². The molecule has 0 radical (unpaired) electrons. The molecule has 0 aliphatic carbocycles. The third-order valence-electron chi connectivity index (χ3n) is 8.89. The molecule has 2 amide bonds. The van der Waals surface area contributed by atoms with Gasteiger partial charge in [-0.3, -0.25) is 9.59 Å². The molecule has 2 aromatic heterocycles. The predicted molar refractivity (Wildman–Crippen MR) is 185 cm³/mol. The van der Waals surface area contributed by atoms with Gasteiger partial charge in [-0.15, -0.1) is 0 Å². The second-order valence-electron chi connectivity index (χ2n) is 12.1. The highest BCUT2D eigenvalue weighted by molar-refractivity contribution is 6.36. The Morgan fingerprint density at radius 1 is 0.833 bits per heavy atom. The predicted octanol–water partition coefficient (Wildman–Crippen LogP) is 4.59. The SMILES string of the molecule is COc1cc(-c2ncnc(-c3cccc(-c4ccc(CNC[C@@H]5CCC(=O)N5)c(OC)n4)c3Cl)c2C)ccc1CNC[C@@H]1CCC(=O)N1. The second-order valence-corrected chi connectivity index (χ2v) is 12.5. The second kappa shape index (κ2) is 15.1. The van der Waals surface area contributed by atoms with Gasteiger partial charge >= 0.3 is 0 Å². The number of amides is 2. The van der Waals surface area contributed by atoms with Crippen LogP contribution in [0.15, 0.2) is 54.9 Å². The molecule has 4 N–H and O–H groups in total. The van der Waals surface area contributed by atoms with E-state index in [4.69, 9.17) is 26.1 Å². The molecule has 0 spiro atoms. The zero-order valence-corrected chi connectivity index (χ0v) is 28.1. The zero-order chi connectivity index (χ0) is 33.6. The van der Waals surface area contributed by atoms with Crippen LogP contribution in [0.1, 0.15) is 42.4 Å². The van der Waals surface area contributed by atoms with Crippen molar-refractivity contribution in [3.8, 4) is 45.4 Å². The Labute approximate surface area is 285 Å². The Morgan fingerprint density at radius 3 is 2.12 bits per heavy atom. The van der Waals surface area contributed by atoms with Crippen LogP contribution in [-0.2, 0) is 22.7 Å². The van der Waals surface area contributed by atoms with Crippen molar-refractivity contribution in [1.29, 1.82) is 0 Å². The zero-order valence-electron chi connectivity index (χ0n) is 27.4. The standard InChI is InChI=1S/C36H40ClN7O4/c1-21-34(22-7-8-23(30(15-22)47-2)16-38-18-25-10-13-31(45)42-25)40-20-41-35(21)28-6-4-5-27(33(28)37)29-12-9-24(36(44-29)48-3)17-39-19-26-11-14-32(46)43-26/h4-9,12,15,20,25-26,38-39H,10-11,13-14,16-19H2,1-3H3,(H,42,45)(H,43,46)/t25-,26-/m0/s1. The third kappa shape index (κ3) is 7.43. The summed E-state index contributed by atoms with van der Waals surface area (Å²) in [6.45, 7) is 4.55. The van der Waals surface area contributed by atoms with Gasteiger partial charge in [0.15, 0.2) is 0 Å². The fourth-order valence-corrected chi connectivity index (χ4v) is 6.63. The molecule has 2 fully saturated rings. The lowest BCUT2D eigenvalue weighted by Crippen LogP contribution is -2.35. The monoisotopic (exact) mass is 669 g/mol. The molecule has 250 valence electrons. The van der Waals surface area contributed by atoms with Crippen LogP contribution in [0.25, 0.3) is 33.8 Å². The average molecular weight is 670 g/mol. The summed E-state index contributed by atoms with van der Waals surface area (Å²) in [5.74, 6) is 1.47. The first-order valence-electron chi connectivity index (χ1n) is 16.2. The molecule has 6 rings (SSSR count). The highest BCUT2D eigenvalue weighted by Gasteiger charge is 2.22. The Kier molecular flexibility index (Phi) is 10.5. The molecule has 0 bridgehead atoms. The van der Waals surface area contributed by atoms with Crippen molar-refractivity contribution in [2.24, 2.45) is 0 Å². The van der Waals surface area contributed by atoms with Crippen molar-refractivity contribution >= 4 is 23.4 Å². The number of halogens is 1. The fourth-order valence-electron chi connectivity index (χ4n) is 6.32. The van der Waals surface area contributed by atoms with Crippen LogP contribution >= 0.6 is 11.6 Å². The molecule has 2 atom stereocenters. The first kappa shape index (κ1) is 33.3. The van der Waals surface area contributed by atoms with E-state index in [1.807, 2.05) is 55.5 Å². The van der Waals surface area contributed by atoms with Crippen molar-refractivity contribution in [2.75, 3.05) is 27.3 Å². The van der Waals surface area contributed by atoms with E-state index >= 15 is 0 Å². The number of carbonyl (C=O) groups excluding carboxylic acids is 2. The molecule has 4 heterocycles. The molecule has 12 heteroatoms. The molecule has 11 nitrogen and oxygen atoms in total. The number of rotatable bonds is 13. The smallest absolute Gasteiger partial charge is 0.220 e. The van der Waals surface area contributed by atoms with Gasteiger partial charge in [-0.05, 0) is 31.9 Å². The lowest BCUT2D eigenvalue weighted by atomic mass is 9.98. The van der Waals surface area contributed by atoms with Gasteiger partial charge in [-0.25, -0.2) is 15.0 Å². The maximum absolute atomic E-state index is 11.5. The van der Waals surface area contributed by atoms with Gasteiger partial charge in [0.25, 0.3) is 0 Å². The first-order valence-corrected chi connectivity index (χ1v) is 16.5. The Morgan fingerprint density at radius 2 is 1.48 bits per heavy atom. The molecule has 2 aromatic carbocycles. The lowest BCUT2D eigenvalue weighted by Gasteiger charge is -2.16. The number of benzene rings is 2. The number of pyridine rings is 1. The summed E-state index contributed by atoms with van der Waals surface area (Å²) in [7, 11) is 3.26. The summed E-state index contributed by atoms with van der Waals surface area (Å²) in [5, 5.41) is 13.3. The highest BCUT2D eigenvalue weighted by Crippen LogP contribution is 2.39. The Hall–Kier alpha value is -4.58. The average Bonchev–Trinajstić information content (AvgIpc) is 3.72. The quantitative estimate of drug-likeness (QED) is 0.161. The van der Waals surface area contributed by atoms with Crippen molar-refractivity contribution in [3.63, 3.8) is 0 Å². The summed E-state index contributed by atoms with van der Waals surface area (Å²) < 4.78 is 11.4. The van der Waals surface area contributed by atoms with E-state index in [0.717, 1.165) is 63.4 Å². The largest absolute Gasteiger partial charge is 0.496 e. The molecule has 0 saturated carbocycles. The number of aromatic nitrogens is 3. The fraction of sp³-hybridized carbons (Fsp3) is 0.361. The maximum atomic E-state index is 11.5. The maximum Gasteiger partial charge on any atom is 0.220 e. The van der Waals surface area contributed by atoms with Crippen molar-refractivity contribution < 1.29 is 19.1 Å². The van der Waals surface area contributed by atoms with E-state index in [1.54, 1.807) is 20.5 Å². The summed E-state index contributed by atoms with van der Waals surface area (Å²) in [6, 6.07) is 16.1. The minimum atomic E-state index is 0.102. The molecule has 0 unspecified atom stereocenters. The van der Waals surface area contributed by atoms with Gasteiger partial charge in [-0.2, -0.15) is 0 Å². The first-order chi connectivity index (χ1) is 23.3. The van der Waals surface area contributed by atoms with E-state index < -0.39 is 0 Å². The normalized spacial score (nSPS) is 17.3. The molecule has 4 aromatic rings. The summed E-state index contributed by atoms with van der Waals surface area (Å²) >= 11 is 7.09. The van der Waals surface area contributed by atoms with E-state index in [9.17, 15) is 9.59 Å². The van der Waals surface area contributed by atoms with Crippen LogP contribution in [0.4, 0.5) is 0 Å². The van der Waals surface area contributed by atoms with Crippen LogP contribution < -0.4 is 30.7 Å². The Bertz CT molecular complexity index is 1690. The summed E-state index contributed by atoms with van der Waals surface area (Å²) in [4.78, 5) is 37.1. The Balaban J connectivity index is 1.20. The number of methoxy groups -OCH3 is 2. The molecular weight excluding hydrogens is 630 g/mol. The molecule has 48 heavy (non-hydrogen) atoms. The van der Waals surface area contributed by atoms with Crippen molar-refractivity contribution in [3.05, 3.63) is 76.6 Å². The number of ether oxygens (including phenoxy) is 2. The van der Waals surface area contributed by atoms with Gasteiger partial charge in [0, 0.05) is 84.5 Å². The topological polar surface area (TPSA) is 139 Å². The number of carbonyl (C=O) groups is 2. The molecule has 2 saturated heterocycles. The van der Waals surface area contributed by atoms with Crippen LogP contribution in [0.2, 0.25) is 5.02 Å². The lowest BCUT2D eigenvalue weighted by molar-refractivity contribution is -0.120. The van der Waals surface area contributed by atoms with Gasteiger partial charge in [0.1, 0.15) is 12.1 Å². The van der Waals surface area contributed by atoms with E-state index in [1.165, 1.54) is 0 Å². The van der Waals surface area contributed by atoms with Crippen molar-refractivity contribution in [2.45, 2.75) is 57.8 Å². The molecule has 2 aliphatic heterocycles. The van der Waals surface area contributed by atoms with Crippen molar-refractivity contribution in [1.82, 2.24) is 36.2 Å². The van der Waals surface area contributed by atoms with E-state index in [-0.39, 0.29) is 23.9 Å². The highest BCUT2D eigenvalue weighted by atomic mass is 35.5. The third-order valence-corrected chi connectivity index (χ3v) is 9.30. The minimum Gasteiger partial charge on any atom is -0.496 e. The number of nitrogens with zero attached hydrogens (tertiary/aromatic N) is 3. The van der Waals surface area contributed by atoms with Crippen LogP contribution in [0, 0.1) is 6.92 Å². The minimum absolute atomic E-state index is 0.102. The molecular formula is C36H40ClN7O4. The van der Waals surface area contributed by atoms with Gasteiger partial charge in [0.05, 0.1) is 36.3 Å².